The zero-order valence-corrected chi connectivity index (χ0v) is 29.4. The highest BCUT2D eigenvalue weighted by Crippen LogP contribution is 2.46. The molecule has 0 saturated heterocycles. The lowest BCUT2D eigenvalue weighted by molar-refractivity contribution is 0.489. The van der Waals surface area contributed by atoms with Gasteiger partial charge in [0.1, 0.15) is 0 Å². The molecule has 0 N–H and O–H groups in total. The van der Waals surface area contributed by atoms with Crippen molar-refractivity contribution in [3.63, 3.8) is 0 Å². The second-order valence-electron chi connectivity index (χ2n) is 18.4. The average Bonchev–Trinajstić information content (AvgIpc) is 2.68. The van der Waals surface area contributed by atoms with Crippen molar-refractivity contribution in [1.82, 2.24) is 0 Å². The lowest BCUT2D eigenvalue weighted by atomic mass is 9.64. The van der Waals surface area contributed by atoms with Gasteiger partial charge >= 0.3 is 0 Å². The van der Waals surface area contributed by atoms with Gasteiger partial charge in [-0.05, 0) is 96.3 Å². The Bertz CT molecular complexity index is 1090. The van der Waals surface area contributed by atoms with Crippen molar-refractivity contribution in [1.29, 1.82) is 0 Å². The molecule has 39 heavy (non-hydrogen) atoms. The van der Waals surface area contributed by atoms with Crippen molar-refractivity contribution < 1.29 is 0 Å². The molecule has 0 atom stereocenters. The van der Waals surface area contributed by atoms with Crippen molar-refractivity contribution in [2.24, 2.45) is 0 Å². The number of hydrogen-bond donors (Lipinski definition) is 0. The normalized spacial score (nSPS) is 14.2. The molecule has 0 unspecified atom stereocenters. The molecule has 0 fully saturated rings. The van der Waals surface area contributed by atoms with Crippen molar-refractivity contribution in [3.8, 4) is 0 Å². The fourth-order valence-corrected chi connectivity index (χ4v) is 6.34. The van der Waals surface area contributed by atoms with Crippen LogP contribution in [0.2, 0.25) is 0 Å². The summed E-state index contributed by atoms with van der Waals surface area (Å²) < 4.78 is 0. The molecule has 0 radical (unpaired) electrons. The van der Waals surface area contributed by atoms with Gasteiger partial charge in [-0.1, -0.05) is 149 Å². The quantitative estimate of drug-likeness (QED) is 0.367. The van der Waals surface area contributed by atoms with Gasteiger partial charge in [-0.25, -0.2) is 0 Å². The fourth-order valence-electron chi connectivity index (χ4n) is 6.34. The second kappa shape index (κ2) is 10.7. The van der Waals surface area contributed by atoms with Gasteiger partial charge in [-0.3, -0.25) is 0 Å². The number of aryl methyl sites for hydroxylation is 1. The highest BCUT2D eigenvalue weighted by Gasteiger charge is 2.36. The molecule has 220 valence electrons. The van der Waals surface area contributed by atoms with Gasteiger partial charge in [0.05, 0.1) is 0 Å². The molecule has 0 spiro atoms. The molecule has 2 aromatic carbocycles. The smallest absolute Gasteiger partial charge is 0.0126 e. The first kappa shape index (κ1) is 33.6. The van der Waals surface area contributed by atoms with Crippen LogP contribution in [0.15, 0.2) is 24.3 Å². The number of benzene rings is 2. The van der Waals surface area contributed by atoms with Gasteiger partial charge in [0.2, 0.25) is 0 Å². The first-order chi connectivity index (χ1) is 17.2. The Morgan fingerprint density at radius 3 is 1.15 bits per heavy atom. The summed E-state index contributed by atoms with van der Waals surface area (Å²) in [5, 5.41) is 0. The van der Waals surface area contributed by atoms with Crippen molar-refractivity contribution in [2.45, 2.75) is 176 Å². The van der Waals surface area contributed by atoms with E-state index >= 15 is 0 Å². The van der Waals surface area contributed by atoms with E-state index < -0.39 is 0 Å². The molecule has 0 aliphatic heterocycles. The van der Waals surface area contributed by atoms with E-state index in [0.29, 0.717) is 0 Å². The van der Waals surface area contributed by atoms with Gasteiger partial charge in [0, 0.05) is 0 Å². The maximum absolute atomic E-state index is 2.59. The van der Waals surface area contributed by atoms with Crippen molar-refractivity contribution in [2.75, 3.05) is 0 Å². The molecule has 0 saturated carbocycles. The maximum atomic E-state index is 2.59. The summed E-state index contributed by atoms with van der Waals surface area (Å²) >= 11 is 0. The van der Waals surface area contributed by atoms with Crippen LogP contribution in [0.4, 0.5) is 0 Å². The molecule has 0 bridgehead atoms. The van der Waals surface area contributed by atoms with Crippen LogP contribution in [0.25, 0.3) is 0 Å². The lowest BCUT2D eigenvalue weighted by Crippen LogP contribution is -2.31. The predicted octanol–water partition coefficient (Wildman–Crippen LogP) is 11.6. The highest BCUT2D eigenvalue weighted by molar-refractivity contribution is 5.56. The summed E-state index contributed by atoms with van der Waals surface area (Å²) in [6.45, 7) is 43.0. The van der Waals surface area contributed by atoms with E-state index in [1.54, 1.807) is 16.7 Å². The largest absolute Gasteiger partial charge is 0.0582 e. The van der Waals surface area contributed by atoms with Crippen LogP contribution in [-0.4, -0.2) is 0 Å². The minimum atomic E-state index is 0.0804. The summed E-state index contributed by atoms with van der Waals surface area (Å²) in [5.74, 6) is 0. The Morgan fingerprint density at radius 2 is 0.821 bits per heavy atom. The summed E-state index contributed by atoms with van der Waals surface area (Å²) in [6.07, 6.45) is 3.41. The fraction of sp³-hybridized carbons (Fsp3) is 0.692. The van der Waals surface area contributed by atoms with Gasteiger partial charge in [-0.2, -0.15) is 0 Å². The lowest BCUT2D eigenvalue weighted by Gasteiger charge is -2.40. The molecule has 0 heterocycles. The third-order valence-electron chi connectivity index (χ3n) is 8.20. The van der Waals surface area contributed by atoms with Gasteiger partial charge in [0.25, 0.3) is 0 Å². The maximum Gasteiger partial charge on any atom is -0.0126 e. The van der Waals surface area contributed by atoms with E-state index in [0.717, 1.165) is 12.8 Å². The zero-order valence-electron chi connectivity index (χ0n) is 29.4. The minimum absolute atomic E-state index is 0.0804. The SMILES string of the molecule is CC(C)(C)c1ccc(C(C)(C)C)c(CCCc2c(C(C)(C)C)c(C(C)(C)C)cc(C(C)(C)C)c2C(C)(C)C)c1. The Labute approximate surface area is 244 Å². The van der Waals surface area contributed by atoms with Gasteiger partial charge < -0.3 is 0 Å². The predicted molar refractivity (Wildman–Crippen MR) is 177 cm³/mol. The minimum Gasteiger partial charge on any atom is -0.0582 e. The van der Waals surface area contributed by atoms with E-state index in [-0.39, 0.29) is 32.5 Å². The third kappa shape index (κ3) is 8.01. The molecule has 0 heteroatoms. The van der Waals surface area contributed by atoms with E-state index in [1.807, 2.05) is 0 Å². The van der Waals surface area contributed by atoms with E-state index in [2.05, 4.69) is 149 Å². The van der Waals surface area contributed by atoms with Crippen LogP contribution in [0.5, 0.6) is 0 Å². The standard InChI is InChI=1S/C39H64/c1-34(2,3)27-22-23-29(35(4,5)6)26(24-27)20-19-21-28-32(38(13,14)15)30(36(7,8)9)25-31(37(10,11)12)33(28)39(16,17)18/h22-25H,19-21H2,1-18H3. The number of rotatable bonds is 4. The van der Waals surface area contributed by atoms with Gasteiger partial charge in [-0.15, -0.1) is 0 Å². The summed E-state index contributed by atoms with van der Waals surface area (Å²) in [6, 6.07) is 9.88. The van der Waals surface area contributed by atoms with Crippen LogP contribution in [0.1, 0.15) is 176 Å². The molecule has 0 aromatic heterocycles. The summed E-state index contributed by atoms with van der Waals surface area (Å²) in [5.41, 5.74) is 13.0. The van der Waals surface area contributed by atoms with E-state index in [1.165, 1.54) is 34.2 Å². The molecule has 0 aliphatic carbocycles. The molecule has 2 aromatic rings. The van der Waals surface area contributed by atoms with Crippen molar-refractivity contribution in [3.05, 3.63) is 68.8 Å². The summed E-state index contributed by atoms with van der Waals surface area (Å²) in [4.78, 5) is 0. The van der Waals surface area contributed by atoms with Crippen molar-refractivity contribution >= 4 is 0 Å². The monoisotopic (exact) mass is 533 g/mol. The zero-order chi connectivity index (χ0) is 30.6. The Balaban J connectivity index is 2.81. The first-order valence-corrected chi connectivity index (χ1v) is 15.5. The Kier molecular flexibility index (Phi) is 9.22. The number of hydrogen-bond acceptors (Lipinski definition) is 0. The highest BCUT2D eigenvalue weighted by atomic mass is 14.4. The molecule has 0 amide bonds. The molecule has 2 rings (SSSR count). The molecule has 0 aliphatic rings. The Hall–Kier alpha value is -1.56. The summed E-state index contributed by atoms with van der Waals surface area (Å²) in [7, 11) is 0. The first-order valence-electron chi connectivity index (χ1n) is 15.5. The Morgan fingerprint density at radius 1 is 0.410 bits per heavy atom. The topological polar surface area (TPSA) is 0 Å². The molecular weight excluding hydrogens is 468 g/mol. The van der Waals surface area contributed by atoms with Gasteiger partial charge in [0.15, 0.2) is 0 Å². The second-order valence-corrected chi connectivity index (χ2v) is 18.4. The van der Waals surface area contributed by atoms with E-state index in [9.17, 15) is 0 Å². The van der Waals surface area contributed by atoms with Crippen LogP contribution >= 0.6 is 0 Å². The van der Waals surface area contributed by atoms with E-state index in [4.69, 9.17) is 0 Å². The average molecular weight is 533 g/mol. The molecular formula is C39H64. The van der Waals surface area contributed by atoms with Crippen LogP contribution < -0.4 is 0 Å². The van der Waals surface area contributed by atoms with Crippen LogP contribution in [-0.2, 0) is 45.3 Å². The third-order valence-corrected chi connectivity index (χ3v) is 8.20. The molecule has 0 nitrogen and oxygen atoms in total. The van der Waals surface area contributed by atoms with Crippen LogP contribution in [0, 0.1) is 0 Å². The van der Waals surface area contributed by atoms with Crippen LogP contribution in [0.3, 0.4) is 0 Å².